The van der Waals surface area contributed by atoms with E-state index in [0.717, 1.165) is 10.4 Å². The lowest BCUT2D eigenvalue weighted by atomic mass is 10.2. The summed E-state index contributed by atoms with van der Waals surface area (Å²) in [5.41, 5.74) is 1.47. The van der Waals surface area contributed by atoms with Crippen LogP contribution in [0.1, 0.15) is 30.5 Å². The van der Waals surface area contributed by atoms with E-state index in [4.69, 9.17) is 4.74 Å². The highest BCUT2D eigenvalue weighted by atomic mass is 32.1. The van der Waals surface area contributed by atoms with Crippen LogP contribution in [-0.4, -0.2) is 11.9 Å². The van der Waals surface area contributed by atoms with Crippen LogP contribution >= 0.6 is 11.3 Å². The third kappa shape index (κ3) is 4.55. The van der Waals surface area contributed by atoms with Crippen molar-refractivity contribution in [1.29, 1.82) is 0 Å². The van der Waals surface area contributed by atoms with E-state index in [2.05, 4.69) is 5.32 Å². The zero-order valence-electron chi connectivity index (χ0n) is 13.7. The molecule has 0 atom stereocenters. The van der Waals surface area contributed by atoms with Crippen molar-refractivity contribution in [2.24, 2.45) is 0 Å². The van der Waals surface area contributed by atoms with Crippen LogP contribution in [0.3, 0.4) is 0 Å². The van der Waals surface area contributed by atoms with Crippen molar-refractivity contribution >= 4 is 23.2 Å². The molecule has 1 aromatic heterocycles. The molecule has 4 nitrogen and oxygen atoms in total. The average molecular weight is 351 g/mol. The Bertz CT molecular complexity index is 887. The highest BCUT2D eigenvalue weighted by Gasteiger charge is 2.12. The van der Waals surface area contributed by atoms with Crippen LogP contribution in [0.5, 0.6) is 5.75 Å². The molecule has 0 bridgehead atoms. The summed E-state index contributed by atoms with van der Waals surface area (Å²) < 4.78 is 5.36. The fourth-order valence-corrected chi connectivity index (χ4v) is 3.03. The summed E-state index contributed by atoms with van der Waals surface area (Å²) in [6.45, 7) is 2.37. The Kier molecular flexibility index (Phi) is 5.26. The van der Waals surface area contributed by atoms with Crippen LogP contribution < -0.4 is 10.1 Å². The van der Waals surface area contributed by atoms with Crippen LogP contribution in [-0.2, 0) is 6.54 Å². The molecule has 0 saturated heterocycles. The molecule has 1 heterocycles. The van der Waals surface area contributed by atoms with E-state index in [0.29, 0.717) is 22.7 Å². The first kappa shape index (κ1) is 16.9. The first-order valence-corrected chi connectivity index (χ1v) is 8.64. The molecular weight excluding hydrogens is 334 g/mol. The molecule has 0 aliphatic heterocycles. The lowest BCUT2D eigenvalue weighted by molar-refractivity contribution is 0.0738. The van der Waals surface area contributed by atoms with E-state index in [-0.39, 0.29) is 5.91 Å². The van der Waals surface area contributed by atoms with E-state index in [1.807, 2.05) is 43.3 Å². The maximum atomic E-state index is 12.3. The SMILES string of the molecule is Cc1ccc(C(=O)Oc2cccc(C(=O)NCc3ccccc3)c2)s1. The summed E-state index contributed by atoms with van der Waals surface area (Å²) in [5.74, 6) is -0.280. The van der Waals surface area contributed by atoms with Gasteiger partial charge in [-0.05, 0) is 42.8 Å². The second kappa shape index (κ2) is 7.77. The number of esters is 1. The van der Waals surface area contributed by atoms with Gasteiger partial charge >= 0.3 is 5.97 Å². The van der Waals surface area contributed by atoms with Gasteiger partial charge in [-0.2, -0.15) is 0 Å². The maximum absolute atomic E-state index is 12.3. The van der Waals surface area contributed by atoms with Crippen molar-refractivity contribution in [3.05, 3.63) is 87.6 Å². The van der Waals surface area contributed by atoms with Gasteiger partial charge in [-0.25, -0.2) is 4.79 Å². The third-order valence-electron chi connectivity index (χ3n) is 3.54. The molecule has 0 fully saturated rings. The minimum absolute atomic E-state index is 0.214. The highest BCUT2D eigenvalue weighted by Crippen LogP contribution is 2.19. The molecule has 5 heteroatoms. The van der Waals surface area contributed by atoms with Gasteiger partial charge in [-0.1, -0.05) is 36.4 Å². The Morgan fingerprint density at radius 2 is 1.80 bits per heavy atom. The lowest BCUT2D eigenvalue weighted by Crippen LogP contribution is -2.22. The molecule has 0 saturated carbocycles. The van der Waals surface area contributed by atoms with Crippen molar-refractivity contribution in [1.82, 2.24) is 5.32 Å². The molecular formula is C20H17NO3S. The Morgan fingerprint density at radius 1 is 1.00 bits per heavy atom. The number of aryl methyl sites for hydroxylation is 1. The van der Waals surface area contributed by atoms with E-state index < -0.39 is 5.97 Å². The van der Waals surface area contributed by atoms with Gasteiger partial charge in [0.05, 0.1) is 0 Å². The van der Waals surface area contributed by atoms with E-state index >= 15 is 0 Å². The maximum Gasteiger partial charge on any atom is 0.353 e. The molecule has 25 heavy (non-hydrogen) atoms. The lowest BCUT2D eigenvalue weighted by Gasteiger charge is -2.07. The summed E-state index contributed by atoms with van der Waals surface area (Å²) in [6.07, 6.45) is 0. The van der Waals surface area contributed by atoms with Gasteiger partial charge in [-0.15, -0.1) is 11.3 Å². The molecule has 0 spiro atoms. The topological polar surface area (TPSA) is 55.4 Å². The number of benzene rings is 2. The number of amides is 1. The predicted molar refractivity (Wildman–Crippen MR) is 98.1 cm³/mol. The minimum atomic E-state index is -0.417. The van der Waals surface area contributed by atoms with Crippen LogP contribution in [0, 0.1) is 6.92 Å². The van der Waals surface area contributed by atoms with Crippen molar-refractivity contribution in [2.45, 2.75) is 13.5 Å². The quantitative estimate of drug-likeness (QED) is 0.553. The highest BCUT2D eigenvalue weighted by molar-refractivity contribution is 7.13. The Labute approximate surface area is 150 Å². The first-order chi connectivity index (χ1) is 12.1. The third-order valence-corrected chi connectivity index (χ3v) is 4.52. The summed E-state index contributed by atoms with van der Waals surface area (Å²) in [7, 11) is 0. The minimum Gasteiger partial charge on any atom is -0.422 e. The van der Waals surface area contributed by atoms with Crippen LogP contribution in [0.4, 0.5) is 0 Å². The van der Waals surface area contributed by atoms with Crippen molar-refractivity contribution in [3.63, 3.8) is 0 Å². The summed E-state index contributed by atoms with van der Waals surface area (Å²) >= 11 is 1.38. The van der Waals surface area contributed by atoms with Gasteiger partial charge in [0.1, 0.15) is 10.6 Å². The van der Waals surface area contributed by atoms with E-state index in [1.54, 1.807) is 30.3 Å². The molecule has 0 aliphatic carbocycles. The van der Waals surface area contributed by atoms with Crippen LogP contribution in [0.2, 0.25) is 0 Å². The molecule has 126 valence electrons. The van der Waals surface area contributed by atoms with Crippen molar-refractivity contribution < 1.29 is 14.3 Å². The van der Waals surface area contributed by atoms with E-state index in [9.17, 15) is 9.59 Å². The average Bonchev–Trinajstić information content (AvgIpc) is 3.07. The number of hydrogen-bond donors (Lipinski definition) is 1. The zero-order chi connectivity index (χ0) is 17.6. The Morgan fingerprint density at radius 3 is 2.52 bits per heavy atom. The number of ether oxygens (including phenoxy) is 1. The monoisotopic (exact) mass is 351 g/mol. The largest absolute Gasteiger partial charge is 0.422 e. The second-order valence-electron chi connectivity index (χ2n) is 5.50. The van der Waals surface area contributed by atoms with Crippen LogP contribution in [0.25, 0.3) is 0 Å². The summed E-state index contributed by atoms with van der Waals surface area (Å²) in [4.78, 5) is 26.0. The second-order valence-corrected chi connectivity index (χ2v) is 6.78. The van der Waals surface area contributed by atoms with Gasteiger partial charge in [0.15, 0.2) is 0 Å². The summed E-state index contributed by atoms with van der Waals surface area (Å²) in [5, 5.41) is 2.85. The van der Waals surface area contributed by atoms with Gasteiger partial charge in [0.2, 0.25) is 0 Å². The summed E-state index contributed by atoms with van der Waals surface area (Å²) in [6, 6.07) is 19.9. The molecule has 3 rings (SSSR count). The number of rotatable bonds is 5. The van der Waals surface area contributed by atoms with Crippen molar-refractivity contribution in [3.8, 4) is 5.75 Å². The van der Waals surface area contributed by atoms with Gasteiger partial charge in [-0.3, -0.25) is 4.79 Å². The van der Waals surface area contributed by atoms with Crippen molar-refractivity contribution in [2.75, 3.05) is 0 Å². The normalized spacial score (nSPS) is 10.3. The number of hydrogen-bond acceptors (Lipinski definition) is 4. The smallest absolute Gasteiger partial charge is 0.353 e. The number of carbonyl (C=O) groups is 2. The molecule has 0 radical (unpaired) electrons. The number of carbonyl (C=O) groups excluding carboxylic acids is 2. The van der Waals surface area contributed by atoms with E-state index in [1.165, 1.54) is 11.3 Å². The van der Waals surface area contributed by atoms with Gasteiger partial charge < -0.3 is 10.1 Å². The van der Waals surface area contributed by atoms with Gasteiger partial charge in [0.25, 0.3) is 5.91 Å². The van der Waals surface area contributed by atoms with Gasteiger partial charge in [0, 0.05) is 17.0 Å². The zero-order valence-corrected chi connectivity index (χ0v) is 14.5. The molecule has 2 aromatic carbocycles. The molecule has 0 aliphatic rings. The predicted octanol–water partition coefficient (Wildman–Crippen LogP) is 4.21. The number of thiophene rings is 1. The standard InChI is InChI=1S/C20H17NO3S/c1-14-10-11-18(25-14)20(23)24-17-9-5-8-16(12-17)19(22)21-13-15-6-3-2-4-7-15/h2-12H,13H2,1H3,(H,21,22). The molecule has 3 aromatic rings. The Hall–Kier alpha value is -2.92. The molecule has 1 amide bonds. The van der Waals surface area contributed by atoms with Crippen LogP contribution in [0.15, 0.2) is 66.7 Å². The fraction of sp³-hybridized carbons (Fsp3) is 0.100. The molecule has 0 unspecified atom stereocenters. The Balaban J connectivity index is 1.64. The number of nitrogens with one attached hydrogen (secondary N) is 1. The first-order valence-electron chi connectivity index (χ1n) is 7.82. The molecule has 1 N–H and O–H groups in total. The fourth-order valence-electron chi connectivity index (χ4n) is 2.28.